The molecule has 0 heterocycles. The van der Waals surface area contributed by atoms with Gasteiger partial charge in [-0.2, -0.15) is 0 Å². The second-order valence-electron chi connectivity index (χ2n) is 1.69. The van der Waals surface area contributed by atoms with Crippen molar-refractivity contribution < 1.29 is 9.59 Å². The molecule has 4 nitrogen and oxygen atoms in total. The molecule has 2 N–H and O–H groups in total. The van der Waals surface area contributed by atoms with Gasteiger partial charge in [-0.25, -0.2) is 5.43 Å². The third-order valence-electron chi connectivity index (χ3n) is 0.915. The Kier molecular flexibility index (Phi) is 4.15. The van der Waals surface area contributed by atoms with Crippen LogP contribution in [0.15, 0.2) is 11.6 Å². The Labute approximate surface area is 59.3 Å². The standard InChI is InChI=1S/C6H10N2O2/c1-5(3-4-9)6(10)8-7-2/h3-4,7H,1-2H3,(H,8,10)/b5-3-. The number of carbonyl (C=O) groups is 2. The van der Waals surface area contributed by atoms with Crippen molar-refractivity contribution in [3.63, 3.8) is 0 Å². The molecule has 0 aliphatic heterocycles. The molecule has 0 aliphatic rings. The van der Waals surface area contributed by atoms with Crippen LogP contribution in [-0.4, -0.2) is 19.2 Å². The van der Waals surface area contributed by atoms with Crippen molar-refractivity contribution >= 4 is 12.2 Å². The van der Waals surface area contributed by atoms with Gasteiger partial charge in [-0.05, 0) is 13.0 Å². The molecule has 0 aromatic carbocycles. The highest BCUT2D eigenvalue weighted by Gasteiger charge is 1.99. The first-order valence-electron chi connectivity index (χ1n) is 2.81. The molecule has 0 radical (unpaired) electrons. The van der Waals surface area contributed by atoms with Gasteiger partial charge in [-0.3, -0.25) is 15.0 Å². The molecule has 0 aliphatic carbocycles. The van der Waals surface area contributed by atoms with E-state index in [-0.39, 0.29) is 5.91 Å². The largest absolute Gasteiger partial charge is 0.299 e. The van der Waals surface area contributed by atoms with Gasteiger partial charge in [-0.15, -0.1) is 0 Å². The summed E-state index contributed by atoms with van der Waals surface area (Å²) in [5, 5.41) is 0. The highest BCUT2D eigenvalue weighted by molar-refractivity contribution is 5.95. The van der Waals surface area contributed by atoms with Crippen molar-refractivity contribution in [2.45, 2.75) is 6.92 Å². The van der Waals surface area contributed by atoms with Crippen LogP contribution in [0.2, 0.25) is 0 Å². The van der Waals surface area contributed by atoms with Crippen LogP contribution in [0.25, 0.3) is 0 Å². The third-order valence-corrected chi connectivity index (χ3v) is 0.915. The number of aldehydes is 1. The Morgan fingerprint density at radius 2 is 2.10 bits per heavy atom. The van der Waals surface area contributed by atoms with Gasteiger partial charge in [0, 0.05) is 12.6 Å². The second kappa shape index (κ2) is 4.69. The quantitative estimate of drug-likeness (QED) is 0.314. The van der Waals surface area contributed by atoms with Gasteiger partial charge < -0.3 is 0 Å². The third kappa shape index (κ3) is 2.99. The van der Waals surface area contributed by atoms with Crippen LogP contribution >= 0.6 is 0 Å². The molecular formula is C6H10N2O2. The zero-order valence-electron chi connectivity index (χ0n) is 5.97. The van der Waals surface area contributed by atoms with Gasteiger partial charge >= 0.3 is 0 Å². The number of hydrogen-bond acceptors (Lipinski definition) is 3. The fourth-order valence-corrected chi connectivity index (χ4v) is 0.390. The van der Waals surface area contributed by atoms with E-state index in [1.54, 1.807) is 14.0 Å². The molecule has 0 aromatic rings. The molecule has 0 rings (SSSR count). The van der Waals surface area contributed by atoms with E-state index >= 15 is 0 Å². The lowest BCUT2D eigenvalue weighted by molar-refractivity contribution is -0.118. The second-order valence-corrected chi connectivity index (χ2v) is 1.69. The Morgan fingerprint density at radius 3 is 2.50 bits per heavy atom. The zero-order valence-corrected chi connectivity index (χ0v) is 5.97. The molecule has 0 saturated heterocycles. The zero-order chi connectivity index (χ0) is 7.98. The summed E-state index contributed by atoms with van der Waals surface area (Å²) in [6.45, 7) is 1.56. The maximum absolute atomic E-state index is 10.7. The minimum absolute atomic E-state index is 0.297. The summed E-state index contributed by atoms with van der Waals surface area (Å²) < 4.78 is 0. The van der Waals surface area contributed by atoms with Gasteiger partial charge in [0.2, 0.25) is 0 Å². The molecule has 0 unspecified atom stereocenters. The Hall–Kier alpha value is -1.16. The summed E-state index contributed by atoms with van der Waals surface area (Å²) in [6.07, 6.45) is 1.78. The lowest BCUT2D eigenvalue weighted by Gasteiger charge is -1.99. The maximum atomic E-state index is 10.7. The van der Waals surface area contributed by atoms with Crippen molar-refractivity contribution in [3.05, 3.63) is 11.6 Å². The van der Waals surface area contributed by atoms with Crippen molar-refractivity contribution in [1.82, 2.24) is 10.9 Å². The number of rotatable bonds is 3. The summed E-state index contributed by atoms with van der Waals surface area (Å²) in [5.74, 6) is -0.297. The Balaban J connectivity index is 3.93. The van der Waals surface area contributed by atoms with Gasteiger partial charge in [0.05, 0.1) is 0 Å². The Bertz CT molecular complexity index is 163. The van der Waals surface area contributed by atoms with Gasteiger partial charge in [0.1, 0.15) is 6.29 Å². The summed E-state index contributed by atoms with van der Waals surface area (Å²) in [6, 6.07) is 0. The first kappa shape index (κ1) is 8.84. The maximum Gasteiger partial charge on any atom is 0.261 e. The molecule has 0 aromatic heterocycles. The van der Waals surface area contributed by atoms with Crippen LogP contribution in [0.5, 0.6) is 0 Å². The molecule has 1 amide bonds. The summed E-state index contributed by atoms with van der Waals surface area (Å²) in [5.41, 5.74) is 5.14. The van der Waals surface area contributed by atoms with Gasteiger partial charge in [-0.1, -0.05) is 0 Å². The van der Waals surface area contributed by atoms with E-state index in [1.807, 2.05) is 0 Å². The van der Waals surface area contributed by atoms with E-state index in [0.29, 0.717) is 11.9 Å². The number of hydrazine groups is 1. The van der Waals surface area contributed by atoms with E-state index < -0.39 is 0 Å². The number of allylic oxidation sites excluding steroid dienone is 1. The van der Waals surface area contributed by atoms with Crippen LogP contribution in [0, 0.1) is 0 Å². The number of hydrogen-bond donors (Lipinski definition) is 2. The SMILES string of the molecule is CNNC(=O)/C(C)=C\C=O. The molecule has 0 spiro atoms. The van der Waals surface area contributed by atoms with Crippen molar-refractivity contribution in [1.29, 1.82) is 0 Å². The fourth-order valence-electron chi connectivity index (χ4n) is 0.390. The number of amides is 1. The number of carbonyl (C=O) groups excluding carboxylic acids is 2. The predicted molar refractivity (Wildman–Crippen MR) is 37.0 cm³/mol. The van der Waals surface area contributed by atoms with Crippen LogP contribution < -0.4 is 10.9 Å². The van der Waals surface area contributed by atoms with Crippen LogP contribution in [-0.2, 0) is 9.59 Å². The molecule has 0 saturated carbocycles. The average Bonchev–Trinajstić information content (AvgIpc) is 1.89. The molecule has 4 heteroatoms. The fraction of sp³-hybridized carbons (Fsp3) is 0.333. The number of nitrogens with one attached hydrogen (secondary N) is 2. The summed E-state index contributed by atoms with van der Waals surface area (Å²) >= 11 is 0. The van der Waals surface area contributed by atoms with E-state index in [4.69, 9.17) is 0 Å². The molecular weight excluding hydrogens is 132 g/mol. The lowest BCUT2D eigenvalue weighted by atomic mass is 10.3. The molecule has 10 heavy (non-hydrogen) atoms. The van der Waals surface area contributed by atoms with Crippen molar-refractivity contribution in [2.24, 2.45) is 0 Å². The van der Waals surface area contributed by atoms with E-state index in [1.165, 1.54) is 6.08 Å². The van der Waals surface area contributed by atoms with Gasteiger partial charge in [0.25, 0.3) is 5.91 Å². The van der Waals surface area contributed by atoms with Crippen LogP contribution in [0.3, 0.4) is 0 Å². The van der Waals surface area contributed by atoms with E-state index in [9.17, 15) is 9.59 Å². The van der Waals surface area contributed by atoms with E-state index in [0.717, 1.165) is 0 Å². The topological polar surface area (TPSA) is 58.2 Å². The van der Waals surface area contributed by atoms with Crippen LogP contribution in [0.1, 0.15) is 6.92 Å². The smallest absolute Gasteiger partial charge is 0.261 e. The van der Waals surface area contributed by atoms with Crippen molar-refractivity contribution in [2.75, 3.05) is 7.05 Å². The Morgan fingerprint density at radius 1 is 1.50 bits per heavy atom. The van der Waals surface area contributed by atoms with Crippen LogP contribution in [0.4, 0.5) is 0 Å². The van der Waals surface area contributed by atoms with Gasteiger partial charge in [0.15, 0.2) is 0 Å². The minimum atomic E-state index is -0.297. The molecule has 0 atom stereocenters. The van der Waals surface area contributed by atoms with E-state index in [2.05, 4.69) is 10.9 Å². The highest BCUT2D eigenvalue weighted by Crippen LogP contribution is 1.87. The normalized spacial score (nSPS) is 10.8. The average molecular weight is 142 g/mol. The lowest BCUT2D eigenvalue weighted by Crippen LogP contribution is -2.34. The predicted octanol–water partition coefficient (Wildman–Crippen LogP) is -0.618. The summed E-state index contributed by atoms with van der Waals surface area (Å²) in [7, 11) is 1.58. The first-order chi connectivity index (χ1) is 4.72. The highest BCUT2D eigenvalue weighted by atomic mass is 16.2. The van der Waals surface area contributed by atoms with Crippen molar-refractivity contribution in [3.8, 4) is 0 Å². The summed E-state index contributed by atoms with van der Waals surface area (Å²) in [4.78, 5) is 20.6. The first-order valence-corrected chi connectivity index (χ1v) is 2.81. The monoisotopic (exact) mass is 142 g/mol. The molecule has 56 valence electrons. The molecule has 0 fully saturated rings. The molecule has 0 bridgehead atoms. The minimum Gasteiger partial charge on any atom is -0.299 e.